The second-order valence-corrected chi connectivity index (χ2v) is 8.34. The van der Waals surface area contributed by atoms with Gasteiger partial charge in [0.25, 0.3) is 0 Å². The summed E-state index contributed by atoms with van der Waals surface area (Å²) in [6.07, 6.45) is 3.02. The number of aryl methyl sites for hydroxylation is 1. The van der Waals surface area contributed by atoms with Crippen molar-refractivity contribution in [2.75, 3.05) is 7.11 Å². The molecule has 0 saturated carbocycles. The number of carbonyl (C=O) groups excluding carboxylic acids is 1. The third kappa shape index (κ3) is 6.20. The normalized spacial score (nSPS) is 11.3. The molecule has 160 valence electrons. The van der Waals surface area contributed by atoms with E-state index in [1.807, 2.05) is 37.3 Å². The standard InChI is InChI=1S/C24H23NO5S/c1-18-8-12-21(13-9-18)31(27,28)30-22-14-10-19(16-23(22)29-2)11-15-24(26)25-17-20-6-4-3-5-7-20/h3-16H,17H2,1-2H3,(H,25,26)/b15-11+. The monoisotopic (exact) mass is 437 g/mol. The zero-order chi connectivity index (χ0) is 22.3. The predicted molar refractivity (Wildman–Crippen MR) is 119 cm³/mol. The van der Waals surface area contributed by atoms with Crippen molar-refractivity contribution in [3.8, 4) is 11.5 Å². The number of carbonyl (C=O) groups is 1. The first kappa shape index (κ1) is 22.1. The lowest BCUT2D eigenvalue weighted by Crippen LogP contribution is -2.20. The lowest BCUT2D eigenvalue weighted by molar-refractivity contribution is -0.116. The van der Waals surface area contributed by atoms with Gasteiger partial charge in [0.15, 0.2) is 11.5 Å². The summed E-state index contributed by atoms with van der Waals surface area (Å²) in [6.45, 7) is 2.30. The summed E-state index contributed by atoms with van der Waals surface area (Å²) >= 11 is 0. The van der Waals surface area contributed by atoms with Crippen LogP contribution >= 0.6 is 0 Å². The zero-order valence-electron chi connectivity index (χ0n) is 17.2. The van der Waals surface area contributed by atoms with Gasteiger partial charge in [0.1, 0.15) is 4.90 Å². The summed E-state index contributed by atoms with van der Waals surface area (Å²) in [5.41, 5.74) is 2.61. The Balaban J connectivity index is 1.68. The molecule has 7 heteroatoms. The highest BCUT2D eigenvalue weighted by molar-refractivity contribution is 7.87. The quantitative estimate of drug-likeness (QED) is 0.424. The molecule has 0 fully saturated rings. The van der Waals surface area contributed by atoms with Crippen molar-refractivity contribution in [2.24, 2.45) is 0 Å². The van der Waals surface area contributed by atoms with Crippen molar-refractivity contribution < 1.29 is 22.1 Å². The van der Waals surface area contributed by atoms with Gasteiger partial charge in [-0.1, -0.05) is 54.1 Å². The fourth-order valence-corrected chi connectivity index (χ4v) is 3.68. The SMILES string of the molecule is COc1cc(/C=C/C(=O)NCc2ccccc2)ccc1OS(=O)(=O)c1ccc(C)cc1. The third-order valence-electron chi connectivity index (χ3n) is 4.43. The molecule has 1 N–H and O–H groups in total. The molecule has 31 heavy (non-hydrogen) atoms. The molecule has 0 heterocycles. The molecule has 0 aliphatic carbocycles. The Bertz CT molecular complexity index is 1170. The van der Waals surface area contributed by atoms with Gasteiger partial charge in [-0.05, 0) is 48.4 Å². The van der Waals surface area contributed by atoms with Gasteiger partial charge in [0, 0.05) is 12.6 Å². The summed E-state index contributed by atoms with van der Waals surface area (Å²) in [7, 11) is -2.58. The Kier molecular flexibility index (Phi) is 7.10. The highest BCUT2D eigenvalue weighted by atomic mass is 32.2. The van der Waals surface area contributed by atoms with E-state index in [2.05, 4.69) is 5.32 Å². The van der Waals surface area contributed by atoms with E-state index in [-0.39, 0.29) is 22.3 Å². The molecule has 0 aromatic heterocycles. The van der Waals surface area contributed by atoms with Gasteiger partial charge in [-0.25, -0.2) is 0 Å². The van der Waals surface area contributed by atoms with Crippen LogP contribution in [0, 0.1) is 6.92 Å². The lowest BCUT2D eigenvalue weighted by Gasteiger charge is -2.11. The summed E-state index contributed by atoms with van der Waals surface area (Å²) in [5.74, 6) is 0.0568. The minimum absolute atomic E-state index is 0.0548. The molecule has 0 aliphatic rings. The largest absolute Gasteiger partial charge is 0.493 e. The van der Waals surface area contributed by atoms with Crippen molar-refractivity contribution in [3.63, 3.8) is 0 Å². The maximum atomic E-state index is 12.5. The maximum Gasteiger partial charge on any atom is 0.339 e. The van der Waals surface area contributed by atoms with E-state index in [0.29, 0.717) is 12.1 Å². The summed E-state index contributed by atoms with van der Waals surface area (Å²) in [5, 5.41) is 2.80. The van der Waals surface area contributed by atoms with Crippen LogP contribution < -0.4 is 14.2 Å². The Morgan fingerprint density at radius 1 is 0.968 bits per heavy atom. The van der Waals surface area contributed by atoms with E-state index in [1.54, 1.807) is 30.3 Å². The van der Waals surface area contributed by atoms with E-state index in [0.717, 1.165) is 11.1 Å². The molecule has 0 aliphatic heterocycles. The van der Waals surface area contributed by atoms with Crippen LogP contribution in [0.4, 0.5) is 0 Å². The van der Waals surface area contributed by atoms with E-state index in [9.17, 15) is 13.2 Å². The van der Waals surface area contributed by atoms with Crippen molar-refractivity contribution in [1.29, 1.82) is 0 Å². The topological polar surface area (TPSA) is 81.7 Å². The first-order chi connectivity index (χ1) is 14.9. The molecule has 0 spiro atoms. The Morgan fingerprint density at radius 3 is 2.35 bits per heavy atom. The third-order valence-corrected chi connectivity index (χ3v) is 5.68. The number of ether oxygens (including phenoxy) is 1. The molecule has 3 aromatic carbocycles. The Morgan fingerprint density at radius 2 is 1.68 bits per heavy atom. The first-order valence-electron chi connectivity index (χ1n) is 9.56. The van der Waals surface area contributed by atoms with Crippen LogP contribution in [0.1, 0.15) is 16.7 Å². The molecule has 3 rings (SSSR count). The molecule has 6 nitrogen and oxygen atoms in total. The number of rotatable bonds is 8. The molecule has 0 radical (unpaired) electrons. The number of amides is 1. The van der Waals surface area contributed by atoms with E-state index in [1.165, 1.54) is 31.4 Å². The van der Waals surface area contributed by atoms with Gasteiger partial charge in [0.2, 0.25) is 5.91 Å². The number of hydrogen-bond acceptors (Lipinski definition) is 5. The second kappa shape index (κ2) is 9.95. The second-order valence-electron chi connectivity index (χ2n) is 6.80. The summed E-state index contributed by atoms with van der Waals surface area (Å²) < 4.78 is 35.6. The summed E-state index contributed by atoms with van der Waals surface area (Å²) in [4.78, 5) is 12.1. The summed E-state index contributed by atoms with van der Waals surface area (Å²) in [6, 6.07) is 20.7. The van der Waals surface area contributed by atoms with Crippen molar-refractivity contribution in [1.82, 2.24) is 5.32 Å². The predicted octanol–water partition coefficient (Wildman–Crippen LogP) is 4.10. The van der Waals surface area contributed by atoms with E-state index >= 15 is 0 Å². The molecule has 0 atom stereocenters. The molecular formula is C24H23NO5S. The van der Waals surface area contributed by atoms with Gasteiger partial charge in [0.05, 0.1) is 7.11 Å². The fraction of sp³-hybridized carbons (Fsp3) is 0.125. The van der Waals surface area contributed by atoms with Gasteiger partial charge in [-0.15, -0.1) is 0 Å². The van der Waals surface area contributed by atoms with Crippen LogP contribution in [-0.4, -0.2) is 21.4 Å². The highest BCUT2D eigenvalue weighted by Crippen LogP contribution is 2.31. The van der Waals surface area contributed by atoms with E-state index in [4.69, 9.17) is 8.92 Å². The number of nitrogens with one attached hydrogen (secondary N) is 1. The molecule has 0 saturated heterocycles. The molecule has 1 amide bonds. The van der Waals surface area contributed by atoms with E-state index < -0.39 is 10.1 Å². The van der Waals surface area contributed by atoms with Crippen LogP contribution in [0.5, 0.6) is 11.5 Å². The van der Waals surface area contributed by atoms with Crippen molar-refractivity contribution in [3.05, 3.63) is 95.6 Å². The molecule has 0 bridgehead atoms. The Hall–Kier alpha value is -3.58. The van der Waals surface area contributed by atoms with Gasteiger partial charge in [-0.3, -0.25) is 4.79 Å². The van der Waals surface area contributed by atoms with Crippen LogP contribution in [0.3, 0.4) is 0 Å². The van der Waals surface area contributed by atoms with Gasteiger partial charge in [-0.2, -0.15) is 8.42 Å². The zero-order valence-corrected chi connectivity index (χ0v) is 18.1. The van der Waals surface area contributed by atoms with Crippen LogP contribution in [0.25, 0.3) is 6.08 Å². The molecule has 0 unspecified atom stereocenters. The fourth-order valence-electron chi connectivity index (χ4n) is 2.74. The molecule has 3 aromatic rings. The number of methoxy groups -OCH3 is 1. The Labute approximate surface area is 182 Å². The minimum Gasteiger partial charge on any atom is -0.493 e. The van der Waals surface area contributed by atoms with Crippen molar-refractivity contribution >= 4 is 22.1 Å². The average Bonchev–Trinajstić information content (AvgIpc) is 2.77. The first-order valence-corrected chi connectivity index (χ1v) is 11.0. The lowest BCUT2D eigenvalue weighted by atomic mass is 10.2. The van der Waals surface area contributed by atoms with Gasteiger partial charge < -0.3 is 14.2 Å². The van der Waals surface area contributed by atoms with Crippen LogP contribution in [0.15, 0.2) is 83.8 Å². The maximum absolute atomic E-state index is 12.5. The van der Waals surface area contributed by atoms with Crippen molar-refractivity contribution in [2.45, 2.75) is 18.4 Å². The smallest absolute Gasteiger partial charge is 0.339 e. The number of benzene rings is 3. The van der Waals surface area contributed by atoms with Crippen LogP contribution in [-0.2, 0) is 21.5 Å². The van der Waals surface area contributed by atoms with Crippen LogP contribution in [0.2, 0.25) is 0 Å². The minimum atomic E-state index is -4.00. The average molecular weight is 438 g/mol. The van der Waals surface area contributed by atoms with Gasteiger partial charge >= 0.3 is 10.1 Å². The molecular weight excluding hydrogens is 414 g/mol. The number of hydrogen-bond donors (Lipinski definition) is 1. The highest BCUT2D eigenvalue weighted by Gasteiger charge is 2.19.